The SMILES string of the molecule is CC(C)c1cc(C(=O)N(Cc2ccccn2)C[C@@H]2CCCO2)nc2ncnn12. The molecule has 8 nitrogen and oxygen atoms in total. The lowest BCUT2D eigenvalue weighted by atomic mass is 10.1. The molecule has 1 atom stereocenters. The smallest absolute Gasteiger partial charge is 0.273 e. The molecule has 0 aromatic carbocycles. The Labute approximate surface area is 163 Å². The third kappa shape index (κ3) is 3.87. The van der Waals surface area contributed by atoms with Crippen molar-refractivity contribution in [2.75, 3.05) is 13.2 Å². The second-order valence-electron chi connectivity index (χ2n) is 7.33. The van der Waals surface area contributed by atoms with Crippen molar-refractivity contribution in [2.24, 2.45) is 0 Å². The Morgan fingerprint density at radius 2 is 2.25 bits per heavy atom. The summed E-state index contributed by atoms with van der Waals surface area (Å²) in [6, 6.07) is 7.53. The fraction of sp³-hybridized carbons (Fsp3) is 0.450. The molecule has 0 unspecified atom stereocenters. The largest absolute Gasteiger partial charge is 0.376 e. The van der Waals surface area contributed by atoms with Gasteiger partial charge in [0.15, 0.2) is 0 Å². The molecule has 1 aliphatic rings. The average molecular weight is 380 g/mol. The minimum Gasteiger partial charge on any atom is -0.376 e. The number of ether oxygens (including phenoxy) is 1. The van der Waals surface area contributed by atoms with Gasteiger partial charge in [0.1, 0.15) is 12.0 Å². The number of pyridine rings is 1. The van der Waals surface area contributed by atoms with E-state index in [0.29, 0.717) is 24.6 Å². The molecule has 0 spiro atoms. The molecular weight excluding hydrogens is 356 g/mol. The van der Waals surface area contributed by atoms with Crippen LogP contribution in [0.15, 0.2) is 36.8 Å². The maximum absolute atomic E-state index is 13.4. The van der Waals surface area contributed by atoms with Gasteiger partial charge in [-0.1, -0.05) is 19.9 Å². The van der Waals surface area contributed by atoms with Crippen molar-refractivity contribution in [3.05, 3.63) is 53.9 Å². The molecule has 0 bridgehead atoms. The molecule has 1 aliphatic heterocycles. The number of nitrogens with zero attached hydrogens (tertiary/aromatic N) is 6. The Bertz CT molecular complexity index is 950. The summed E-state index contributed by atoms with van der Waals surface area (Å²) in [4.78, 5) is 28.2. The zero-order chi connectivity index (χ0) is 19.5. The van der Waals surface area contributed by atoms with Crippen LogP contribution >= 0.6 is 0 Å². The number of hydrogen-bond donors (Lipinski definition) is 0. The van der Waals surface area contributed by atoms with Crippen molar-refractivity contribution >= 4 is 11.7 Å². The molecular formula is C20H24N6O2. The van der Waals surface area contributed by atoms with Crippen LogP contribution in [-0.2, 0) is 11.3 Å². The molecule has 0 radical (unpaired) electrons. The topological polar surface area (TPSA) is 85.5 Å². The minimum absolute atomic E-state index is 0.0501. The first-order valence-electron chi connectivity index (χ1n) is 9.63. The third-order valence-electron chi connectivity index (χ3n) is 4.90. The molecule has 1 fully saturated rings. The Hall–Kier alpha value is -2.87. The summed E-state index contributed by atoms with van der Waals surface area (Å²) < 4.78 is 7.45. The number of carbonyl (C=O) groups excluding carboxylic acids is 1. The van der Waals surface area contributed by atoms with Crippen LogP contribution in [0.1, 0.15) is 54.5 Å². The van der Waals surface area contributed by atoms with E-state index in [1.165, 1.54) is 6.33 Å². The van der Waals surface area contributed by atoms with Gasteiger partial charge in [-0.15, -0.1) is 0 Å². The normalized spacial score (nSPS) is 16.8. The van der Waals surface area contributed by atoms with Crippen molar-refractivity contribution in [3.8, 4) is 0 Å². The van der Waals surface area contributed by atoms with Crippen molar-refractivity contribution < 1.29 is 9.53 Å². The van der Waals surface area contributed by atoms with Gasteiger partial charge < -0.3 is 9.64 Å². The van der Waals surface area contributed by atoms with E-state index in [9.17, 15) is 4.79 Å². The summed E-state index contributed by atoms with van der Waals surface area (Å²) in [5.41, 5.74) is 2.11. The molecule has 0 aliphatic carbocycles. The van der Waals surface area contributed by atoms with Crippen molar-refractivity contribution in [2.45, 2.75) is 45.3 Å². The number of aromatic nitrogens is 5. The number of hydrogen-bond acceptors (Lipinski definition) is 6. The first kappa shape index (κ1) is 18.5. The summed E-state index contributed by atoms with van der Waals surface area (Å²) in [6.45, 7) is 5.80. The van der Waals surface area contributed by atoms with Crippen LogP contribution in [0.3, 0.4) is 0 Å². The lowest BCUT2D eigenvalue weighted by molar-refractivity contribution is 0.0500. The molecule has 1 saturated heterocycles. The van der Waals surface area contributed by atoms with Gasteiger partial charge in [-0.05, 0) is 37.0 Å². The molecule has 3 aromatic rings. The average Bonchev–Trinajstić information content (AvgIpc) is 3.38. The van der Waals surface area contributed by atoms with Crippen LogP contribution in [0, 0.1) is 0 Å². The van der Waals surface area contributed by atoms with Crippen LogP contribution in [0.5, 0.6) is 0 Å². The summed E-state index contributed by atoms with van der Waals surface area (Å²) >= 11 is 0. The molecule has 0 N–H and O–H groups in total. The standard InChI is InChI=1S/C20H24N6O2/c1-14(2)18-10-17(24-20-22-13-23-26(18)20)19(27)25(12-16-7-5-9-28-16)11-15-6-3-4-8-21-15/h3-4,6,8,10,13-14,16H,5,7,9,11-12H2,1-2H3/t16-/m0/s1. The highest BCUT2D eigenvalue weighted by atomic mass is 16.5. The lowest BCUT2D eigenvalue weighted by Crippen LogP contribution is -2.37. The Morgan fingerprint density at radius 1 is 1.36 bits per heavy atom. The van der Waals surface area contributed by atoms with Gasteiger partial charge in [-0.2, -0.15) is 10.1 Å². The number of carbonyl (C=O) groups is 1. The third-order valence-corrected chi connectivity index (χ3v) is 4.90. The zero-order valence-corrected chi connectivity index (χ0v) is 16.2. The molecule has 0 saturated carbocycles. The predicted octanol–water partition coefficient (Wildman–Crippen LogP) is 2.46. The van der Waals surface area contributed by atoms with Gasteiger partial charge in [0.25, 0.3) is 11.7 Å². The molecule has 8 heteroatoms. The van der Waals surface area contributed by atoms with Crippen LogP contribution in [0.4, 0.5) is 0 Å². The second-order valence-corrected chi connectivity index (χ2v) is 7.33. The summed E-state index contributed by atoms with van der Waals surface area (Å²) in [5, 5.41) is 4.22. The van der Waals surface area contributed by atoms with Gasteiger partial charge in [0.2, 0.25) is 0 Å². The Kier molecular flexibility index (Phi) is 5.29. The van der Waals surface area contributed by atoms with E-state index in [2.05, 4.69) is 33.9 Å². The fourth-order valence-corrected chi connectivity index (χ4v) is 3.46. The van der Waals surface area contributed by atoms with Gasteiger partial charge in [0, 0.05) is 19.3 Å². The lowest BCUT2D eigenvalue weighted by Gasteiger charge is -2.25. The van der Waals surface area contributed by atoms with E-state index in [1.807, 2.05) is 24.3 Å². The Balaban J connectivity index is 1.66. The van der Waals surface area contributed by atoms with Crippen molar-refractivity contribution in [1.82, 2.24) is 29.5 Å². The van der Waals surface area contributed by atoms with Gasteiger partial charge >= 0.3 is 0 Å². The molecule has 146 valence electrons. The summed E-state index contributed by atoms with van der Waals surface area (Å²) in [7, 11) is 0. The Morgan fingerprint density at radius 3 is 2.96 bits per heavy atom. The van der Waals surface area contributed by atoms with Crippen molar-refractivity contribution in [1.29, 1.82) is 0 Å². The van der Waals surface area contributed by atoms with Crippen LogP contribution < -0.4 is 0 Å². The van der Waals surface area contributed by atoms with Gasteiger partial charge in [-0.25, -0.2) is 9.50 Å². The maximum Gasteiger partial charge on any atom is 0.273 e. The first-order valence-corrected chi connectivity index (χ1v) is 9.63. The molecule has 28 heavy (non-hydrogen) atoms. The predicted molar refractivity (Wildman–Crippen MR) is 103 cm³/mol. The van der Waals surface area contributed by atoms with Crippen LogP contribution in [-0.4, -0.2) is 54.6 Å². The first-order chi connectivity index (χ1) is 13.6. The van der Waals surface area contributed by atoms with E-state index in [-0.39, 0.29) is 17.9 Å². The monoisotopic (exact) mass is 380 g/mol. The molecule has 3 aromatic heterocycles. The molecule has 4 rings (SSSR count). The van der Waals surface area contributed by atoms with Crippen LogP contribution in [0.2, 0.25) is 0 Å². The highest BCUT2D eigenvalue weighted by Gasteiger charge is 2.26. The van der Waals surface area contributed by atoms with E-state index in [1.54, 1.807) is 15.6 Å². The summed E-state index contributed by atoms with van der Waals surface area (Å²) in [6.07, 6.45) is 5.23. The number of fused-ring (bicyclic) bond motifs is 1. The van der Waals surface area contributed by atoms with Gasteiger partial charge in [0.05, 0.1) is 24.0 Å². The number of rotatable bonds is 6. The minimum atomic E-state index is -0.145. The molecule has 1 amide bonds. The zero-order valence-electron chi connectivity index (χ0n) is 16.2. The van der Waals surface area contributed by atoms with Crippen LogP contribution in [0.25, 0.3) is 5.78 Å². The van der Waals surface area contributed by atoms with E-state index in [4.69, 9.17) is 4.74 Å². The quantitative estimate of drug-likeness (QED) is 0.653. The number of amides is 1. The summed E-state index contributed by atoms with van der Waals surface area (Å²) in [5.74, 6) is 0.471. The van der Waals surface area contributed by atoms with Crippen molar-refractivity contribution in [3.63, 3.8) is 0 Å². The van der Waals surface area contributed by atoms with Gasteiger partial charge in [-0.3, -0.25) is 9.78 Å². The second kappa shape index (κ2) is 8.02. The fourth-order valence-electron chi connectivity index (χ4n) is 3.46. The van der Waals surface area contributed by atoms with E-state index in [0.717, 1.165) is 30.8 Å². The highest BCUT2D eigenvalue weighted by Crippen LogP contribution is 2.19. The highest BCUT2D eigenvalue weighted by molar-refractivity contribution is 5.92. The molecule has 4 heterocycles. The van der Waals surface area contributed by atoms with E-state index < -0.39 is 0 Å². The van der Waals surface area contributed by atoms with E-state index >= 15 is 0 Å². The maximum atomic E-state index is 13.4.